The number of likely N-dealkylation sites (N-methyl/N-ethyl adjacent to an activating group) is 1. The molecule has 2 aromatic carbocycles. The molecule has 0 aliphatic heterocycles. The van der Waals surface area contributed by atoms with Crippen molar-refractivity contribution < 1.29 is 9.59 Å². The van der Waals surface area contributed by atoms with Crippen molar-refractivity contribution in [3.63, 3.8) is 0 Å². The van der Waals surface area contributed by atoms with Gasteiger partial charge in [-0.25, -0.2) is 0 Å². The molecule has 0 saturated carbocycles. The van der Waals surface area contributed by atoms with E-state index in [4.69, 9.17) is 23.2 Å². The van der Waals surface area contributed by atoms with Gasteiger partial charge in [0.1, 0.15) is 19.2 Å². The van der Waals surface area contributed by atoms with Crippen molar-refractivity contribution in [2.24, 2.45) is 0 Å². The molecular formula is C18H23Cl2N2O+. The second-order valence-electron chi connectivity index (χ2n) is 6.38. The average molecular weight is 354 g/mol. The van der Waals surface area contributed by atoms with Crippen LogP contribution in [0, 0.1) is 0 Å². The van der Waals surface area contributed by atoms with Gasteiger partial charge in [-0.1, -0.05) is 53.5 Å². The Bertz CT molecular complexity index is 646. The third-order valence-corrected chi connectivity index (χ3v) is 4.36. The molecule has 0 heterocycles. The van der Waals surface area contributed by atoms with Crippen LogP contribution in [0.2, 0.25) is 10.0 Å². The van der Waals surface area contributed by atoms with E-state index < -0.39 is 6.10 Å². The molecular weight excluding hydrogens is 331 g/mol. The standard InChI is InChI=1S/C18H23Cl2N2O/c1-22(2,12-14-7-3-4-8-16(14)19)13-15(23)11-21-18-10-6-5-9-17(18)20/h3-10,15,21,23H,11-13H2,1-2H3/q+1/t15-/m1/s1. The van der Waals surface area contributed by atoms with E-state index >= 15 is 0 Å². The molecule has 0 fully saturated rings. The Morgan fingerprint density at radius 3 is 2.26 bits per heavy atom. The lowest BCUT2D eigenvalue weighted by atomic mass is 10.2. The predicted molar refractivity (Wildman–Crippen MR) is 98.1 cm³/mol. The van der Waals surface area contributed by atoms with Gasteiger partial charge in [0.2, 0.25) is 0 Å². The van der Waals surface area contributed by atoms with E-state index in [1.54, 1.807) is 0 Å². The molecule has 124 valence electrons. The summed E-state index contributed by atoms with van der Waals surface area (Å²) in [6, 6.07) is 15.4. The average Bonchev–Trinajstić information content (AvgIpc) is 2.48. The Labute approximate surface area is 148 Å². The first kappa shape index (κ1) is 18.1. The SMILES string of the molecule is C[N+](C)(Cc1ccccc1Cl)C[C@H](O)CNc1ccccc1Cl. The van der Waals surface area contributed by atoms with Gasteiger partial charge >= 0.3 is 0 Å². The number of nitrogens with one attached hydrogen (secondary N) is 1. The van der Waals surface area contributed by atoms with Crippen LogP contribution in [0.25, 0.3) is 0 Å². The Morgan fingerprint density at radius 1 is 1.00 bits per heavy atom. The first-order valence-corrected chi connectivity index (χ1v) is 8.35. The van der Waals surface area contributed by atoms with Gasteiger partial charge in [-0.05, 0) is 18.2 Å². The molecule has 3 nitrogen and oxygen atoms in total. The summed E-state index contributed by atoms with van der Waals surface area (Å²) in [4.78, 5) is 0. The number of aliphatic hydroxyl groups excluding tert-OH is 1. The summed E-state index contributed by atoms with van der Waals surface area (Å²) in [6.45, 7) is 1.83. The number of nitrogens with zero attached hydrogens (tertiary/aromatic N) is 1. The minimum Gasteiger partial charge on any atom is -0.385 e. The van der Waals surface area contributed by atoms with Crippen LogP contribution >= 0.6 is 23.2 Å². The monoisotopic (exact) mass is 353 g/mol. The highest BCUT2D eigenvalue weighted by molar-refractivity contribution is 6.33. The van der Waals surface area contributed by atoms with Gasteiger partial charge in [0.05, 0.1) is 24.8 Å². The van der Waals surface area contributed by atoms with Crippen molar-refractivity contribution in [2.45, 2.75) is 12.6 Å². The highest BCUT2D eigenvalue weighted by Crippen LogP contribution is 2.21. The Balaban J connectivity index is 1.89. The molecule has 0 aliphatic rings. The third-order valence-electron chi connectivity index (χ3n) is 3.66. The second kappa shape index (κ2) is 8.02. The molecule has 1 atom stereocenters. The van der Waals surface area contributed by atoms with Gasteiger partial charge in [-0.15, -0.1) is 0 Å². The summed E-state index contributed by atoms with van der Waals surface area (Å²) >= 11 is 12.3. The zero-order valence-corrected chi connectivity index (χ0v) is 15.0. The summed E-state index contributed by atoms with van der Waals surface area (Å²) in [5.41, 5.74) is 1.93. The quantitative estimate of drug-likeness (QED) is 0.736. The van der Waals surface area contributed by atoms with Gasteiger partial charge in [0, 0.05) is 17.1 Å². The summed E-state index contributed by atoms with van der Waals surface area (Å²) in [7, 11) is 4.17. The molecule has 0 aromatic heterocycles. The van der Waals surface area contributed by atoms with Crippen molar-refractivity contribution >= 4 is 28.9 Å². The molecule has 0 radical (unpaired) electrons. The number of anilines is 1. The van der Waals surface area contributed by atoms with Crippen LogP contribution in [0.4, 0.5) is 5.69 Å². The van der Waals surface area contributed by atoms with Crippen LogP contribution in [0.3, 0.4) is 0 Å². The van der Waals surface area contributed by atoms with E-state index in [0.717, 1.165) is 22.8 Å². The molecule has 0 spiro atoms. The van der Waals surface area contributed by atoms with E-state index in [0.29, 0.717) is 22.6 Å². The maximum Gasteiger partial charge on any atom is 0.120 e. The van der Waals surface area contributed by atoms with Crippen LogP contribution in [0.15, 0.2) is 48.5 Å². The Hall–Kier alpha value is -1.26. The first-order valence-electron chi connectivity index (χ1n) is 7.59. The summed E-state index contributed by atoms with van der Waals surface area (Å²) in [5.74, 6) is 0. The summed E-state index contributed by atoms with van der Waals surface area (Å²) in [6.07, 6.45) is -0.483. The number of quaternary nitrogens is 1. The molecule has 0 unspecified atom stereocenters. The van der Waals surface area contributed by atoms with E-state index in [9.17, 15) is 5.11 Å². The number of hydrogen-bond acceptors (Lipinski definition) is 2. The van der Waals surface area contributed by atoms with Crippen LogP contribution in [-0.2, 0) is 6.54 Å². The van der Waals surface area contributed by atoms with E-state index in [1.165, 1.54) is 0 Å². The number of halogens is 2. The highest BCUT2D eigenvalue weighted by Gasteiger charge is 2.22. The first-order chi connectivity index (χ1) is 10.9. The Morgan fingerprint density at radius 2 is 1.61 bits per heavy atom. The number of rotatable bonds is 7. The number of hydrogen-bond donors (Lipinski definition) is 2. The van der Waals surface area contributed by atoms with Gasteiger partial charge in [0.25, 0.3) is 0 Å². The fourth-order valence-electron chi connectivity index (χ4n) is 2.62. The molecule has 2 aromatic rings. The smallest absolute Gasteiger partial charge is 0.120 e. The lowest BCUT2D eigenvalue weighted by Gasteiger charge is -2.32. The van der Waals surface area contributed by atoms with Crippen molar-refractivity contribution in [2.75, 3.05) is 32.5 Å². The normalized spacial score (nSPS) is 12.9. The fourth-order valence-corrected chi connectivity index (χ4v) is 3.02. The topological polar surface area (TPSA) is 32.3 Å². The highest BCUT2D eigenvalue weighted by atomic mass is 35.5. The van der Waals surface area contributed by atoms with Crippen molar-refractivity contribution in [3.8, 4) is 0 Å². The van der Waals surface area contributed by atoms with Crippen molar-refractivity contribution in [3.05, 3.63) is 64.1 Å². The number of aliphatic hydroxyl groups is 1. The van der Waals surface area contributed by atoms with E-state index in [-0.39, 0.29) is 0 Å². The fraction of sp³-hybridized carbons (Fsp3) is 0.333. The van der Waals surface area contributed by atoms with Gasteiger partial charge in [-0.3, -0.25) is 0 Å². The van der Waals surface area contributed by atoms with E-state index in [1.807, 2.05) is 48.5 Å². The maximum atomic E-state index is 10.3. The molecule has 23 heavy (non-hydrogen) atoms. The molecule has 0 aliphatic carbocycles. The largest absolute Gasteiger partial charge is 0.385 e. The summed E-state index contributed by atoms with van der Waals surface area (Å²) in [5, 5.41) is 14.9. The maximum absolute atomic E-state index is 10.3. The van der Waals surface area contributed by atoms with Crippen LogP contribution < -0.4 is 5.32 Å². The lowest BCUT2D eigenvalue weighted by molar-refractivity contribution is -0.906. The Kier molecular flexibility index (Phi) is 6.31. The van der Waals surface area contributed by atoms with E-state index in [2.05, 4.69) is 19.4 Å². The van der Waals surface area contributed by atoms with Gasteiger partial charge in [-0.2, -0.15) is 0 Å². The van der Waals surface area contributed by atoms with Crippen LogP contribution in [0.5, 0.6) is 0 Å². The zero-order chi connectivity index (χ0) is 16.9. The van der Waals surface area contributed by atoms with Crippen molar-refractivity contribution in [1.82, 2.24) is 0 Å². The minimum absolute atomic E-state index is 0.452. The zero-order valence-electron chi connectivity index (χ0n) is 13.5. The van der Waals surface area contributed by atoms with Crippen LogP contribution in [0.1, 0.15) is 5.56 Å². The molecule has 2 rings (SSSR count). The second-order valence-corrected chi connectivity index (χ2v) is 7.20. The van der Waals surface area contributed by atoms with Crippen LogP contribution in [-0.4, -0.2) is 42.9 Å². The molecule has 0 amide bonds. The van der Waals surface area contributed by atoms with Gasteiger partial charge < -0.3 is 14.9 Å². The lowest BCUT2D eigenvalue weighted by Crippen LogP contribution is -2.46. The summed E-state index contributed by atoms with van der Waals surface area (Å²) < 4.78 is 0.648. The third kappa shape index (κ3) is 5.70. The molecule has 2 N–H and O–H groups in total. The van der Waals surface area contributed by atoms with Crippen molar-refractivity contribution in [1.29, 1.82) is 0 Å². The predicted octanol–water partition coefficient (Wildman–Crippen LogP) is 4.04. The number of para-hydroxylation sites is 1. The minimum atomic E-state index is -0.483. The molecule has 0 bridgehead atoms. The molecule has 0 saturated heterocycles. The number of benzene rings is 2. The van der Waals surface area contributed by atoms with Gasteiger partial charge in [0.15, 0.2) is 0 Å². The molecule has 5 heteroatoms.